The van der Waals surface area contributed by atoms with E-state index in [0.717, 1.165) is 11.4 Å². The van der Waals surface area contributed by atoms with Gasteiger partial charge in [0.25, 0.3) is 0 Å². The monoisotopic (exact) mass is 318 g/mol. The average molecular weight is 318 g/mol. The number of pyridine rings is 1. The highest BCUT2D eigenvalue weighted by molar-refractivity contribution is 5.63. The van der Waals surface area contributed by atoms with E-state index in [1.165, 1.54) is 11.3 Å². The molecule has 0 atom stereocenters. The summed E-state index contributed by atoms with van der Waals surface area (Å²) in [6.07, 6.45) is 1.72. The average Bonchev–Trinajstić information content (AvgIpc) is 2.63. The normalized spacial score (nSPS) is 10.7. The molecule has 0 bridgehead atoms. The highest BCUT2D eigenvalue weighted by atomic mass is 16.5. The minimum absolute atomic E-state index is 0.521. The van der Waals surface area contributed by atoms with Gasteiger partial charge in [-0.05, 0) is 53.9 Å². The van der Waals surface area contributed by atoms with E-state index in [0.29, 0.717) is 11.8 Å². The maximum absolute atomic E-state index is 5.74. The van der Waals surface area contributed by atoms with Gasteiger partial charge in [0.1, 0.15) is 5.75 Å². The Hall–Kier alpha value is -2.81. The maximum atomic E-state index is 5.74. The van der Waals surface area contributed by atoms with Crippen LogP contribution in [0.5, 0.6) is 11.6 Å². The Kier molecular flexibility index (Phi) is 4.80. The summed E-state index contributed by atoms with van der Waals surface area (Å²) in [5.74, 6) is 1.90. The largest absolute Gasteiger partial charge is 0.439 e. The van der Waals surface area contributed by atoms with Crippen molar-refractivity contribution in [2.24, 2.45) is 0 Å². The summed E-state index contributed by atoms with van der Waals surface area (Å²) in [4.78, 5) is 6.35. The lowest BCUT2D eigenvalue weighted by atomic mass is 10.0. The molecule has 3 heteroatoms. The van der Waals surface area contributed by atoms with E-state index >= 15 is 0 Å². The van der Waals surface area contributed by atoms with Gasteiger partial charge in [-0.2, -0.15) is 0 Å². The lowest BCUT2D eigenvalue weighted by Gasteiger charge is -2.21. The fraction of sp³-hybridized carbons (Fsp3) is 0.190. The third-order valence-electron chi connectivity index (χ3n) is 4.01. The number of hydrogen-bond acceptors (Lipinski definition) is 3. The van der Waals surface area contributed by atoms with Gasteiger partial charge in [-0.1, -0.05) is 32.0 Å². The van der Waals surface area contributed by atoms with Crippen molar-refractivity contribution in [2.75, 3.05) is 11.9 Å². The molecule has 3 aromatic rings. The summed E-state index contributed by atoms with van der Waals surface area (Å²) < 4.78 is 5.74. The molecular weight excluding hydrogens is 296 g/mol. The summed E-state index contributed by atoms with van der Waals surface area (Å²) in [7, 11) is 2.08. The molecular formula is C21H22N2O. The van der Waals surface area contributed by atoms with Crippen LogP contribution in [0, 0.1) is 0 Å². The molecule has 3 nitrogen and oxygen atoms in total. The van der Waals surface area contributed by atoms with Gasteiger partial charge in [-0.3, -0.25) is 0 Å². The zero-order valence-corrected chi connectivity index (χ0v) is 14.3. The van der Waals surface area contributed by atoms with Crippen molar-refractivity contribution in [1.82, 2.24) is 4.98 Å². The molecule has 0 aliphatic heterocycles. The Morgan fingerprint density at radius 2 is 1.67 bits per heavy atom. The Bertz CT molecular complexity index is 782. The summed E-state index contributed by atoms with van der Waals surface area (Å²) in [5.41, 5.74) is 3.64. The molecule has 24 heavy (non-hydrogen) atoms. The van der Waals surface area contributed by atoms with Crippen molar-refractivity contribution < 1.29 is 4.74 Å². The van der Waals surface area contributed by atoms with E-state index in [2.05, 4.69) is 67.2 Å². The number of ether oxygens (including phenoxy) is 1. The first kappa shape index (κ1) is 16.1. The van der Waals surface area contributed by atoms with Crippen LogP contribution < -0.4 is 9.64 Å². The number of nitrogens with zero attached hydrogens (tertiary/aromatic N) is 2. The second-order valence-corrected chi connectivity index (χ2v) is 6.07. The molecule has 0 radical (unpaired) electrons. The predicted molar refractivity (Wildman–Crippen MR) is 99.3 cm³/mol. The lowest BCUT2D eigenvalue weighted by molar-refractivity contribution is 0.463. The minimum atomic E-state index is 0.521. The van der Waals surface area contributed by atoms with E-state index in [4.69, 9.17) is 4.74 Å². The quantitative estimate of drug-likeness (QED) is 0.597. The van der Waals surface area contributed by atoms with Crippen molar-refractivity contribution in [3.8, 4) is 11.6 Å². The first-order chi connectivity index (χ1) is 11.6. The molecule has 0 saturated carbocycles. The van der Waals surface area contributed by atoms with E-state index < -0.39 is 0 Å². The molecule has 2 aromatic carbocycles. The van der Waals surface area contributed by atoms with E-state index in [9.17, 15) is 0 Å². The third-order valence-corrected chi connectivity index (χ3v) is 4.01. The second-order valence-electron chi connectivity index (χ2n) is 6.07. The standard InChI is InChI=1S/C21H22N2O/c1-16(2)17-7-6-8-19(15-17)23(3)18-10-12-20(13-11-18)24-21-9-4-5-14-22-21/h4-16H,1-3H3. The van der Waals surface area contributed by atoms with Gasteiger partial charge in [0, 0.05) is 30.7 Å². The number of benzene rings is 2. The molecule has 0 N–H and O–H groups in total. The Balaban J connectivity index is 1.76. The fourth-order valence-electron chi connectivity index (χ4n) is 2.51. The van der Waals surface area contributed by atoms with Crippen molar-refractivity contribution in [3.63, 3.8) is 0 Å². The topological polar surface area (TPSA) is 25.4 Å². The van der Waals surface area contributed by atoms with Crippen LogP contribution in [0.1, 0.15) is 25.3 Å². The number of rotatable bonds is 5. The van der Waals surface area contributed by atoms with Gasteiger partial charge in [-0.15, -0.1) is 0 Å². The van der Waals surface area contributed by atoms with Crippen LogP contribution in [0.4, 0.5) is 11.4 Å². The van der Waals surface area contributed by atoms with Crippen LogP contribution in [-0.4, -0.2) is 12.0 Å². The van der Waals surface area contributed by atoms with Gasteiger partial charge >= 0.3 is 0 Å². The van der Waals surface area contributed by atoms with Crippen molar-refractivity contribution >= 4 is 11.4 Å². The van der Waals surface area contributed by atoms with Crippen LogP contribution in [0.3, 0.4) is 0 Å². The molecule has 0 aliphatic carbocycles. The van der Waals surface area contributed by atoms with Gasteiger partial charge in [-0.25, -0.2) is 4.98 Å². The molecule has 1 aromatic heterocycles. The minimum Gasteiger partial charge on any atom is -0.439 e. The number of hydrogen-bond donors (Lipinski definition) is 0. The zero-order valence-electron chi connectivity index (χ0n) is 14.3. The molecule has 122 valence electrons. The highest BCUT2D eigenvalue weighted by Gasteiger charge is 2.07. The maximum Gasteiger partial charge on any atom is 0.219 e. The van der Waals surface area contributed by atoms with Gasteiger partial charge < -0.3 is 9.64 Å². The van der Waals surface area contributed by atoms with E-state index in [1.54, 1.807) is 6.20 Å². The first-order valence-corrected chi connectivity index (χ1v) is 8.16. The van der Waals surface area contributed by atoms with Crippen molar-refractivity contribution in [2.45, 2.75) is 19.8 Å². The smallest absolute Gasteiger partial charge is 0.219 e. The van der Waals surface area contributed by atoms with Crippen molar-refractivity contribution in [1.29, 1.82) is 0 Å². The summed E-state index contributed by atoms with van der Waals surface area (Å²) in [6.45, 7) is 4.42. The van der Waals surface area contributed by atoms with Gasteiger partial charge in [0.2, 0.25) is 5.88 Å². The van der Waals surface area contributed by atoms with Crippen LogP contribution in [-0.2, 0) is 0 Å². The second kappa shape index (κ2) is 7.18. The van der Waals surface area contributed by atoms with Gasteiger partial charge in [0.15, 0.2) is 0 Å². The molecule has 3 rings (SSSR count). The summed E-state index contributed by atoms with van der Waals surface area (Å²) in [5, 5.41) is 0. The molecule has 0 fully saturated rings. The SMILES string of the molecule is CC(C)c1cccc(N(C)c2ccc(Oc3ccccn3)cc2)c1. The summed E-state index contributed by atoms with van der Waals surface area (Å²) in [6, 6.07) is 22.3. The number of anilines is 2. The fourth-order valence-corrected chi connectivity index (χ4v) is 2.51. The van der Waals surface area contributed by atoms with E-state index in [-0.39, 0.29) is 0 Å². The third kappa shape index (κ3) is 3.74. The molecule has 0 saturated heterocycles. The molecule has 0 amide bonds. The molecule has 1 heterocycles. The Morgan fingerprint density at radius 1 is 0.875 bits per heavy atom. The van der Waals surface area contributed by atoms with E-state index in [1.807, 2.05) is 30.3 Å². The zero-order chi connectivity index (χ0) is 16.9. The lowest BCUT2D eigenvalue weighted by Crippen LogP contribution is -2.09. The number of aromatic nitrogens is 1. The summed E-state index contributed by atoms with van der Waals surface area (Å²) >= 11 is 0. The Morgan fingerprint density at radius 3 is 2.33 bits per heavy atom. The van der Waals surface area contributed by atoms with Crippen LogP contribution in [0.2, 0.25) is 0 Å². The predicted octanol–water partition coefficient (Wildman–Crippen LogP) is 5.77. The molecule has 0 unspecified atom stereocenters. The molecule has 0 aliphatic rings. The van der Waals surface area contributed by atoms with Crippen LogP contribution in [0.15, 0.2) is 72.9 Å². The van der Waals surface area contributed by atoms with Crippen LogP contribution in [0.25, 0.3) is 0 Å². The first-order valence-electron chi connectivity index (χ1n) is 8.16. The highest BCUT2D eigenvalue weighted by Crippen LogP contribution is 2.29. The van der Waals surface area contributed by atoms with Crippen LogP contribution >= 0.6 is 0 Å². The van der Waals surface area contributed by atoms with Crippen molar-refractivity contribution in [3.05, 3.63) is 78.5 Å². The Labute approximate surface area is 143 Å². The van der Waals surface area contributed by atoms with Gasteiger partial charge in [0.05, 0.1) is 0 Å². The molecule has 0 spiro atoms.